The predicted molar refractivity (Wildman–Crippen MR) is 56.1 cm³/mol. The van der Waals surface area contributed by atoms with E-state index in [4.69, 9.17) is 10.00 Å². The number of nitriles is 1. The number of rotatable bonds is 6. The molecule has 0 aliphatic carbocycles. The van der Waals surface area contributed by atoms with E-state index >= 15 is 0 Å². The Hall–Kier alpha value is -1.38. The van der Waals surface area contributed by atoms with Gasteiger partial charge in [-0.05, 0) is 6.92 Å². The van der Waals surface area contributed by atoms with Crippen LogP contribution in [0.3, 0.4) is 0 Å². The summed E-state index contributed by atoms with van der Waals surface area (Å²) >= 11 is 0. The van der Waals surface area contributed by atoms with Gasteiger partial charge in [-0.25, -0.2) is 4.98 Å². The fraction of sp³-hybridized carbons (Fsp3) is 0.600. The van der Waals surface area contributed by atoms with Crippen molar-refractivity contribution < 1.29 is 4.74 Å². The minimum atomic E-state index is -0.174. The third kappa shape index (κ3) is 3.35. The average molecular weight is 208 g/mol. The molecule has 1 N–H and O–H groups in total. The molecule has 0 bridgehead atoms. The summed E-state index contributed by atoms with van der Waals surface area (Å²) in [5.41, 5.74) is 0. The molecule has 15 heavy (non-hydrogen) atoms. The molecule has 0 aliphatic rings. The summed E-state index contributed by atoms with van der Waals surface area (Å²) in [6, 6.07) is 2.01. The number of nitrogens with one attached hydrogen (secondary N) is 1. The van der Waals surface area contributed by atoms with E-state index in [0.717, 1.165) is 12.4 Å². The van der Waals surface area contributed by atoms with Crippen LogP contribution in [0.5, 0.6) is 0 Å². The molecule has 1 rings (SSSR count). The Morgan fingerprint density at radius 2 is 2.53 bits per heavy atom. The molecule has 1 aromatic heterocycles. The van der Waals surface area contributed by atoms with Crippen LogP contribution in [0.25, 0.3) is 0 Å². The Kier molecular flexibility index (Phi) is 4.81. The van der Waals surface area contributed by atoms with Crippen LogP contribution in [-0.2, 0) is 11.3 Å². The number of hydrogen-bond acceptors (Lipinski definition) is 4. The van der Waals surface area contributed by atoms with Gasteiger partial charge >= 0.3 is 0 Å². The largest absolute Gasteiger partial charge is 0.383 e. The van der Waals surface area contributed by atoms with E-state index in [1.54, 1.807) is 13.3 Å². The van der Waals surface area contributed by atoms with Crippen molar-refractivity contribution in [3.05, 3.63) is 18.2 Å². The van der Waals surface area contributed by atoms with Crippen molar-refractivity contribution >= 4 is 0 Å². The standard InChI is InChI=1S/C10H16N4O/c1-9(7-11)14-5-3-13-10(14)8-12-4-6-15-2/h3,5,9,12H,4,6,8H2,1-2H3. The second kappa shape index (κ2) is 6.17. The maximum atomic E-state index is 8.80. The van der Waals surface area contributed by atoms with Crippen LogP contribution in [0.1, 0.15) is 18.8 Å². The number of methoxy groups -OCH3 is 1. The molecule has 0 fully saturated rings. The summed E-state index contributed by atoms with van der Waals surface area (Å²) in [6.07, 6.45) is 3.53. The minimum Gasteiger partial charge on any atom is -0.383 e. The normalized spacial score (nSPS) is 12.3. The van der Waals surface area contributed by atoms with Crippen LogP contribution in [0.2, 0.25) is 0 Å². The quantitative estimate of drug-likeness (QED) is 0.699. The SMILES string of the molecule is COCCNCc1nccn1C(C)C#N. The lowest BCUT2D eigenvalue weighted by Gasteiger charge is -2.09. The van der Waals surface area contributed by atoms with Crippen molar-refractivity contribution in [2.24, 2.45) is 0 Å². The van der Waals surface area contributed by atoms with Gasteiger partial charge in [-0.3, -0.25) is 0 Å². The summed E-state index contributed by atoms with van der Waals surface area (Å²) in [7, 11) is 1.67. The van der Waals surface area contributed by atoms with Crippen LogP contribution in [-0.4, -0.2) is 29.8 Å². The van der Waals surface area contributed by atoms with Crippen molar-refractivity contribution in [1.29, 1.82) is 5.26 Å². The van der Waals surface area contributed by atoms with Crippen molar-refractivity contribution in [2.75, 3.05) is 20.3 Å². The molecule has 0 spiro atoms. The number of hydrogen-bond donors (Lipinski definition) is 1. The van der Waals surface area contributed by atoms with E-state index in [0.29, 0.717) is 13.2 Å². The molecular weight excluding hydrogens is 192 g/mol. The van der Waals surface area contributed by atoms with Gasteiger partial charge in [0.2, 0.25) is 0 Å². The second-order valence-corrected chi connectivity index (χ2v) is 3.23. The van der Waals surface area contributed by atoms with E-state index in [1.165, 1.54) is 0 Å². The predicted octanol–water partition coefficient (Wildman–Crippen LogP) is 0.704. The van der Waals surface area contributed by atoms with E-state index in [2.05, 4.69) is 16.4 Å². The van der Waals surface area contributed by atoms with Gasteiger partial charge in [-0.15, -0.1) is 0 Å². The van der Waals surface area contributed by atoms with Gasteiger partial charge in [0.25, 0.3) is 0 Å². The highest BCUT2D eigenvalue weighted by atomic mass is 16.5. The number of aromatic nitrogens is 2. The first-order valence-electron chi connectivity index (χ1n) is 4.90. The van der Waals surface area contributed by atoms with Gasteiger partial charge in [-0.1, -0.05) is 0 Å². The van der Waals surface area contributed by atoms with E-state index in [-0.39, 0.29) is 6.04 Å². The first-order valence-corrected chi connectivity index (χ1v) is 4.90. The maximum absolute atomic E-state index is 8.80. The Labute approximate surface area is 89.7 Å². The van der Waals surface area contributed by atoms with Crippen molar-refractivity contribution in [3.63, 3.8) is 0 Å². The highest BCUT2D eigenvalue weighted by molar-refractivity contribution is 4.99. The lowest BCUT2D eigenvalue weighted by Crippen LogP contribution is -2.21. The number of nitrogens with zero attached hydrogens (tertiary/aromatic N) is 3. The van der Waals surface area contributed by atoms with Gasteiger partial charge in [0.1, 0.15) is 11.9 Å². The van der Waals surface area contributed by atoms with Crippen LogP contribution < -0.4 is 5.32 Å². The Balaban J connectivity index is 2.47. The van der Waals surface area contributed by atoms with Crippen molar-refractivity contribution in [2.45, 2.75) is 19.5 Å². The molecule has 0 amide bonds. The average Bonchev–Trinajstić information content (AvgIpc) is 2.71. The smallest absolute Gasteiger partial charge is 0.123 e. The Morgan fingerprint density at radius 3 is 3.20 bits per heavy atom. The topological polar surface area (TPSA) is 62.9 Å². The third-order valence-corrected chi connectivity index (χ3v) is 2.12. The minimum absolute atomic E-state index is 0.174. The molecule has 1 atom stereocenters. The molecule has 5 heteroatoms. The fourth-order valence-electron chi connectivity index (χ4n) is 1.27. The lowest BCUT2D eigenvalue weighted by molar-refractivity contribution is 0.198. The summed E-state index contributed by atoms with van der Waals surface area (Å²) in [5, 5.41) is 12.0. The maximum Gasteiger partial charge on any atom is 0.123 e. The molecule has 0 aromatic carbocycles. The molecule has 0 saturated carbocycles. The second-order valence-electron chi connectivity index (χ2n) is 3.23. The Bertz CT molecular complexity index is 328. The Morgan fingerprint density at radius 1 is 1.73 bits per heavy atom. The lowest BCUT2D eigenvalue weighted by atomic mass is 10.3. The van der Waals surface area contributed by atoms with Gasteiger partial charge in [0, 0.05) is 26.0 Å². The zero-order valence-electron chi connectivity index (χ0n) is 9.10. The molecule has 0 aliphatic heterocycles. The van der Waals surface area contributed by atoms with Gasteiger partial charge in [-0.2, -0.15) is 5.26 Å². The summed E-state index contributed by atoms with van der Waals surface area (Å²) in [5.74, 6) is 0.875. The van der Waals surface area contributed by atoms with Crippen LogP contribution in [0.4, 0.5) is 0 Å². The van der Waals surface area contributed by atoms with Crippen molar-refractivity contribution in [1.82, 2.24) is 14.9 Å². The molecule has 1 aromatic rings. The zero-order chi connectivity index (χ0) is 11.1. The summed E-state index contributed by atoms with van der Waals surface area (Å²) < 4.78 is 6.78. The first kappa shape index (κ1) is 11.7. The molecule has 5 nitrogen and oxygen atoms in total. The highest BCUT2D eigenvalue weighted by Crippen LogP contribution is 2.07. The van der Waals surface area contributed by atoms with Crippen LogP contribution >= 0.6 is 0 Å². The molecule has 82 valence electrons. The molecule has 1 unspecified atom stereocenters. The monoisotopic (exact) mass is 208 g/mol. The number of ether oxygens (including phenoxy) is 1. The molecular formula is C10H16N4O. The van der Waals surface area contributed by atoms with E-state index in [1.807, 2.05) is 17.7 Å². The molecule has 1 heterocycles. The first-order chi connectivity index (χ1) is 7.29. The summed E-state index contributed by atoms with van der Waals surface area (Å²) in [4.78, 5) is 4.19. The van der Waals surface area contributed by atoms with E-state index in [9.17, 15) is 0 Å². The van der Waals surface area contributed by atoms with Gasteiger partial charge in [0.15, 0.2) is 0 Å². The van der Waals surface area contributed by atoms with Gasteiger partial charge in [0.05, 0.1) is 19.2 Å². The molecule has 0 saturated heterocycles. The fourth-order valence-corrected chi connectivity index (χ4v) is 1.27. The summed E-state index contributed by atoms with van der Waals surface area (Å²) in [6.45, 7) is 3.96. The zero-order valence-corrected chi connectivity index (χ0v) is 9.10. The van der Waals surface area contributed by atoms with Crippen LogP contribution in [0, 0.1) is 11.3 Å². The molecule has 0 radical (unpaired) electrons. The van der Waals surface area contributed by atoms with Gasteiger partial charge < -0.3 is 14.6 Å². The third-order valence-electron chi connectivity index (χ3n) is 2.12. The highest BCUT2D eigenvalue weighted by Gasteiger charge is 2.07. The van der Waals surface area contributed by atoms with Crippen molar-refractivity contribution in [3.8, 4) is 6.07 Å². The van der Waals surface area contributed by atoms with E-state index < -0.39 is 0 Å². The van der Waals surface area contributed by atoms with Crippen LogP contribution in [0.15, 0.2) is 12.4 Å². The number of imidazole rings is 1.